The predicted molar refractivity (Wildman–Crippen MR) is 73.4 cm³/mol. The summed E-state index contributed by atoms with van der Waals surface area (Å²) in [6.07, 6.45) is 4.35. The van der Waals surface area contributed by atoms with Crippen LogP contribution in [0.15, 0.2) is 0 Å². The van der Waals surface area contributed by atoms with Gasteiger partial charge in [0.1, 0.15) is 0 Å². The number of rotatable bonds is 7. The first-order valence-electron chi connectivity index (χ1n) is 7.17. The molecule has 1 fully saturated rings. The molecule has 2 atom stereocenters. The molecular weight excluding hydrogens is 212 g/mol. The van der Waals surface area contributed by atoms with Gasteiger partial charge >= 0.3 is 0 Å². The normalized spacial score (nSPS) is 24.2. The van der Waals surface area contributed by atoms with E-state index >= 15 is 0 Å². The number of nitrogens with one attached hydrogen (secondary N) is 1. The number of likely N-dealkylation sites (tertiary alicyclic amines) is 1. The highest BCUT2D eigenvalue weighted by atomic mass is 16.5. The average molecular weight is 242 g/mol. The lowest BCUT2D eigenvalue weighted by atomic mass is 10.0. The Kier molecular flexibility index (Phi) is 7.09. The molecule has 0 saturated carbocycles. The van der Waals surface area contributed by atoms with Gasteiger partial charge in [0, 0.05) is 12.6 Å². The molecule has 17 heavy (non-hydrogen) atoms. The van der Waals surface area contributed by atoms with Gasteiger partial charge in [-0.2, -0.15) is 0 Å². The van der Waals surface area contributed by atoms with E-state index in [1.165, 1.54) is 25.8 Å². The Labute approximate surface area is 107 Å². The van der Waals surface area contributed by atoms with Crippen LogP contribution in [0.3, 0.4) is 0 Å². The second kappa shape index (κ2) is 8.06. The van der Waals surface area contributed by atoms with Crippen molar-refractivity contribution >= 4 is 0 Å². The second-order valence-corrected chi connectivity index (χ2v) is 5.55. The first-order valence-corrected chi connectivity index (χ1v) is 7.17. The van der Waals surface area contributed by atoms with Gasteiger partial charge in [-0.3, -0.25) is 0 Å². The Morgan fingerprint density at radius 2 is 2.12 bits per heavy atom. The molecule has 0 aliphatic carbocycles. The zero-order valence-electron chi connectivity index (χ0n) is 12.0. The summed E-state index contributed by atoms with van der Waals surface area (Å²) in [5.41, 5.74) is 0. The van der Waals surface area contributed by atoms with E-state index < -0.39 is 0 Å². The van der Waals surface area contributed by atoms with E-state index in [1.54, 1.807) is 0 Å². The molecule has 2 unspecified atom stereocenters. The van der Waals surface area contributed by atoms with Crippen molar-refractivity contribution in [3.05, 3.63) is 0 Å². The topological polar surface area (TPSA) is 24.5 Å². The summed E-state index contributed by atoms with van der Waals surface area (Å²) in [4.78, 5) is 2.45. The van der Waals surface area contributed by atoms with E-state index in [0.29, 0.717) is 18.1 Å². The van der Waals surface area contributed by atoms with Crippen molar-refractivity contribution in [2.24, 2.45) is 5.92 Å². The maximum Gasteiger partial charge on any atom is 0.0723 e. The van der Waals surface area contributed by atoms with Gasteiger partial charge in [0.15, 0.2) is 0 Å². The van der Waals surface area contributed by atoms with Crippen LogP contribution in [0.25, 0.3) is 0 Å². The monoisotopic (exact) mass is 242 g/mol. The number of ether oxygens (including phenoxy) is 1. The molecule has 1 aliphatic rings. The van der Waals surface area contributed by atoms with Crippen molar-refractivity contribution in [3.8, 4) is 0 Å². The van der Waals surface area contributed by atoms with E-state index in [1.807, 2.05) is 0 Å². The lowest BCUT2D eigenvalue weighted by Crippen LogP contribution is -2.42. The zero-order valence-corrected chi connectivity index (χ0v) is 12.0. The van der Waals surface area contributed by atoms with Gasteiger partial charge in [0.05, 0.1) is 12.7 Å². The maximum atomic E-state index is 6.11. The van der Waals surface area contributed by atoms with Crippen LogP contribution in [-0.4, -0.2) is 50.3 Å². The molecule has 3 heteroatoms. The van der Waals surface area contributed by atoms with Crippen LogP contribution in [0.1, 0.15) is 40.0 Å². The third-order valence-electron chi connectivity index (χ3n) is 3.76. The lowest BCUT2D eigenvalue weighted by Gasteiger charge is -2.34. The van der Waals surface area contributed by atoms with Gasteiger partial charge in [-0.15, -0.1) is 0 Å². The largest absolute Gasteiger partial charge is 0.375 e. The van der Waals surface area contributed by atoms with Gasteiger partial charge in [0.2, 0.25) is 0 Å². The van der Waals surface area contributed by atoms with Gasteiger partial charge in [-0.1, -0.05) is 27.2 Å². The van der Waals surface area contributed by atoms with E-state index in [-0.39, 0.29) is 0 Å². The molecule has 1 saturated heterocycles. The summed E-state index contributed by atoms with van der Waals surface area (Å²) < 4.78 is 6.11. The lowest BCUT2D eigenvalue weighted by molar-refractivity contribution is -0.0160. The molecule has 3 nitrogen and oxygen atoms in total. The highest BCUT2D eigenvalue weighted by Crippen LogP contribution is 2.16. The van der Waals surface area contributed by atoms with Crippen molar-refractivity contribution in [1.29, 1.82) is 0 Å². The van der Waals surface area contributed by atoms with Crippen molar-refractivity contribution in [2.75, 3.05) is 33.3 Å². The number of hydrogen-bond acceptors (Lipinski definition) is 3. The fourth-order valence-electron chi connectivity index (χ4n) is 2.36. The average Bonchev–Trinajstić information content (AvgIpc) is 2.31. The van der Waals surface area contributed by atoms with E-state index in [9.17, 15) is 0 Å². The zero-order chi connectivity index (χ0) is 12.7. The Morgan fingerprint density at radius 1 is 1.35 bits per heavy atom. The standard InChI is InChI=1S/C14H30N2O/c1-5-15-10-14(12(2)3)17-11-13-8-6-7-9-16(13)4/h12-15H,5-11H2,1-4H3. The summed E-state index contributed by atoms with van der Waals surface area (Å²) in [6.45, 7) is 10.8. The number of hydrogen-bond donors (Lipinski definition) is 1. The molecular formula is C14H30N2O. The number of piperidine rings is 1. The Balaban J connectivity index is 2.29. The fraction of sp³-hybridized carbons (Fsp3) is 1.00. The molecule has 0 spiro atoms. The van der Waals surface area contributed by atoms with Gasteiger partial charge in [-0.25, -0.2) is 0 Å². The first-order chi connectivity index (χ1) is 8.15. The highest BCUT2D eigenvalue weighted by Gasteiger charge is 2.21. The minimum absolute atomic E-state index is 0.352. The summed E-state index contributed by atoms with van der Waals surface area (Å²) >= 11 is 0. The van der Waals surface area contributed by atoms with Crippen molar-refractivity contribution < 1.29 is 4.74 Å². The second-order valence-electron chi connectivity index (χ2n) is 5.55. The van der Waals surface area contributed by atoms with Gasteiger partial charge in [0.25, 0.3) is 0 Å². The Morgan fingerprint density at radius 3 is 2.71 bits per heavy atom. The van der Waals surface area contributed by atoms with Crippen LogP contribution >= 0.6 is 0 Å². The fourth-order valence-corrected chi connectivity index (χ4v) is 2.36. The Bertz CT molecular complexity index is 197. The summed E-state index contributed by atoms with van der Waals surface area (Å²) in [5.74, 6) is 0.586. The minimum Gasteiger partial charge on any atom is -0.375 e. The van der Waals surface area contributed by atoms with Gasteiger partial charge in [-0.05, 0) is 38.9 Å². The van der Waals surface area contributed by atoms with Crippen molar-refractivity contribution in [3.63, 3.8) is 0 Å². The van der Waals surface area contributed by atoms with Crippen LogP contribution in [0, 0.1) is 5.92 Å². The van der Waals surface area contributed by atoms with E-state index in [2.05, 4.69) is 38.0 Å². The molecule has 1 heterocycles. The first kappa shape index (κ1) is 14.9. The van der Waals surface area contributed by atoms with E-state index in [4.69, 9.17) is 4.74 Å². The van der Waals surface area contributed by atoms with Crippen LogP contribution < -0.4 is 5.32 Å². The smallest absolute Gasteiger partial charge is 0.0723 e. The molecule has 0 aromatic heterocycles. The van der Waals surface area contributed by atoms with Crippen LogP contribution in [-0.2, 0) is 4.74 Å². The number of likely N-dealkylation sites (N-methyl/N-ethyl adjacent to an activating group) is 2. The molecule has 0 aromatic rings. The maximum absolute atomic E-state index is 6.11. The SMILES string of the molecule is CCNCC(OCC1CCCCN1C)C(C)C. The molecule has 1 aliphatic heterocycles. The molecule has 0 radical (unpaired) electrons. The van der Waals surface area contributed by atoms with Crippen LogP contribution in [0.4, 0.5) is 0 Å². The Hall–Kier alpha value is -0.120. The minimum atomic E-state index is 0.352. The van der Waals surface area contributed by atoms with Crippen molar-refractivity contribution in [1.82, 2.24) is 10.2 Å². The third kappa shape index (κ3) is 5.36. The highest BCUT2D eigenvalue weighted by molar-refractivity contribution is 4.75. The quantitative estimate of drug-likeness (QED) is 0.740. The van der Waals surface area contributed by atoms with Gasteiger partial charge < -0.3 is 15.0 Å². The number of nitrogens with zero attached hydrogens (tertiary/aromatic N) is 1. The van der Waals surface area contributed by atoms with Crippen molar-refractivity contribution in [2.45, 2.75) is 52.2 Å². The predicted octanol–water partition coefficient (Wildman–Crippen LogP) is 2.12. The molecule has 0 aromatic carbocycles. The summed E-state index contributed by atoms with van der Waals surface area (Å²) in [6, 6.07) is 0.631. The van der Waals surface area contributed by atoms with E-state index in [0.717, 1.165) is 19.7 Å². The summed E-state index contributed by atoms with van der Waals surface area (Å²) in [5, 5.41) is 3.39. The summed E-state index contributed by atoms with van der Waals surface area (Å²) in [7, 11) is 2.22. The molecule has 0 bridgehead atoms. The van der Waals surface area contributed by atoms with Crippen LogP contribution in [0.5, 0.6) is 0 Å². The third-order valence-corrected chi connectivity index (χ3v) is 3.76. The molecule has 102 valence electrons. The van der Waals surface area contributed by atoms with Crippen LogP contribution in [0.2, 0.25) is 0 Å². The molecule has 0 amide bonds. The molecule has 1 N–H and O–H groups in total. The molecule has 1 rings (SSSR count).